The molecule has 0 aromatic carbocycles. The van der Waals surface area contributed by atoms with Crippen LogP contribution >= 0.6 is 11.6 Å². The number of rotatable bonds is 1. The van der Waals surface area contributed by atoms with Crippen molar-refractivity contribution in [1.82, 2.24) is 9.97 Å². The third-order valence-electron chi connectivity index (χ3n) is 1.35. The molecule has 0 radical (unpaired) electrons. The summed E-state index contributed by atoms with van der Waals surface area (Å²) in [4.78, 5) is 18.5. The fourth-order valence-electron chi connectivity index (χ4n) is 0.920. The van der Waals surface area contributed by atoms with Crippen molar-refractivity contribution >= 4 is 17.6 Å². The van der Waals surface area contributed by atoms with E-state index in [0.29, 0.717) is 11.5 Å². The van der Waals surface area contributed by atoms with Gasteiger partial charge in [0.05, 0.1) is 5.69 Å². The molecule has 0 aliphatic rings. The van der Waals surface area contributed by atoms with Gasteiger partial charge in [-0.05, 0) is 13.8 Å². The predicted molar refractivity (Wildman–Crippen MR) is 47.8 cm³/mol. The van der Waals surface area contributed by atoms with Crippen molar-refractivity contribution in [2.45, 2.75) is 20.8 Å². The van der Waals surface area contributed by atoms with E-state index in [1.54, 1.807) is 13.8 Å². The van der Waals surface area contributed by atoms with Crippen molar-refractivity contribution in [2.24, 2.45) is 0 Å². The van der Waals surface area contributed by atoms with Gasteiger partial charge in [-0.15, -0.1) is 0 Å². The van der Waals surface area contributed by atoms with Gasteiger partial charge in [0.1, 0.15) is 5.82 Å². The van der Waals surface area contributed by atoms with E-state index in [1.165, 1.54) is 6.92 Å². The van der Waals surface area contributed by atoms with Crippen LogP contribution in [0.5, 0.6) is 5.75 Å². The zero-order valence-electron chi connectivity index (χ0n) is 7.59. The van der Waals surface area contributed by atoms with Gasteiger partial charge in [-0.25, -0.2) is 9.97 Å². The van der Waals surface area contributed by atoms with Crippen LogP contribution in [0.3, 0.4) is 0 Å². The fraction of sp³-hybridized carbons (Fsp3) is 0.375. The number of halogens is 1. The lowest BCUT2D eigenvalue weighted by molar-refractivity contribution is -0.131. The first-order valence-corrected chi connectivity index (χ1v) is 4.07. The SMILES string of the molecule is CC(=O)Oc1c(C)nc(C)nc1Cl. The summed E-state index contributed by atoms with van der Waals surface area (Å²) in [5.41, 5.74) is 0.563. The molecule has 1 aromatic rings. The van der Waals surface area contributed by atoms with Crippen LogP contribution in [0.25, 0.3) is 0 Å². The Morgan fingerprint density at radius 1 is 1.38 bits per heavy atom. The lowest BCUT2D eigenvalue weighted by Crippen LogP contribution is -2.06. The number of carbonyl (C=O) groups excluding carboxylic acids is 1. The highest BCUT2D eigenvalue weighted by Gasteiger charge is 2.11. The number of aromatic nitrogens is 2. The Bertz CT molecular complexity index is 329. The van der Waals surface area contributed by atoms with E-state index in [0.717, 1.165) is 0 Å². The summed E-state index contributed by atoms with van der Waals surface area (Å²) < 4.78 is 4.83. The standard InChI is InChI=1S/C8H9ClN2O2/c1-4-7(13-6(3)12)8(9)11-5(2)10-4/h1-3H3. The second-order valence-electron chi connectivity index (χ2n) is 2.57. The zero-order chi connectivity index (χ0) is 10.0. The first-order valence-electron chi connectivity index (χ1n) is 3.70. The normalized spacial score (nSPS) is 9.85. The highest BCUT2D eigenvalue weighted by molar-refractivity contribution is 6.31. The van der Waals surface area contributed by atoms with Gasteiger partial charge < -0.3 is 4.74 Å². The van der Waals surface area contributed by atoms with Crippen LogP contribution in [0.4, 0.5) is 0 Å². The summed E-state index contributed by atoms with van der Waals surface area (Å²) in [6.45, 7) is 4.73. The number of aryl methyl sites for hydroxylation is 2. The van der Waals surface area contributed by atoms with E-state index in [-0.39, 0.29) is 10.9 Å². The van der Waals surface area contributed by atoms with Gasteiger partial charge in [0.15, 0.2) is 10.9 Å². The smallest absolute Gasteiger partial charge is 0.308 e. The van der Waals surface area contributed by atoms with Crippen molar-refractivity contribution in [1.29, 1.82) is 0 Å². The van der Waals surface area contributed by atoms with Gasteiger partial charge in [0, 0.05) is 6.92 Å². The van der Waals surface area contributed by atoms with Crippen LogP contribution in [0.1, 0.15) is 18.4 Å². The van der Waals surface area contributed by atoms with Crippen molar-refractivity contribution in [3.63, 3.8) is 0 Å². The largest absolute Gasteiger partial charge is 0.421 e. The molecule has 4 nitrogen and oxygen atoms in total. The third kappa shape index (κ3) is 2.39. The average molecular weight is 201 g/mol. The molecule has 1 heterocycles. The Morgan fingerprint density at radius 3 is 2.46 bits per heavy atom. The molecular weight excluding hydrogens is 192 g/mol. The Kier molecular flexibility index (Phi) is 2.83. The van der Waals surface area contributed by atoms with Crippen molar-refractivity contribution in [3.05, 3.63) is 16.7 Å². The predicted octanol–water partition coefficient (Wildman–Crippen LogP) is 1.67. The van der Waals surface area contributed by atoms with Gasteiger partial charge >= 0.3 is 5.97 Å². The molecule has 0 amide bonds. The molecule has 70 valence electrons. The van der Waals surface area contributed by atoms with Crippen molar-refractivity contribution in [2.75, 3.05) is 0 Å². The molecule has 0 bridgehead atoms. The summed E-state index contributed by atoms with van der Waals surface area (Å²) in [7, 11) is 0. The maximum atomic E-state index is 10.7. The second-order valence-corrected chi connectivity index (χ2v) is 2.93. The van der Waals surface area contributed by atoms with Crippen LogP contribution in [0.15, 0.2) is 0 Å². The Hall–Kier alpha value is -1.16. The molecule has 13 heavy (non-hydrogen) atoms. The molecule has 5 heteroatoms. The minimum Gasteiger partial charge on any atom is -0.421 e. The lowest BCUT2D eigenvalue weighted by atomic mass is 10.4. The molecule has 0 atom stereocenters. The van der Waals surface area contributed by atoms with Crippen molar-refractivity contribution in [3.8, 4) is 5.75 Å². The minimum absolute atomic E-state index is 0.167. The molecule has 0 saturated carbocycles. The number of hydrogen-bond acceptors (Lipinski definition) is 4. The molecule has 0 spiro atoms. The Labute approximate surface area is 80.9 Å². The molecule has 0 saturated heterocycles. The Morgan fingerprint density at radius 2 is 2.00 bits per heavy atom. The quantitative estimate of drug-likeness (QED) is 0.511. The summed E-state index contributed by atoms with van der Waals surface area (Å²) in [5, 5.41) is 0.167. The number of esters is 1. The topological polar surface area (TPSA) is 52.1 Å². The molecule has 0 aliphatic carbocycles. The van der Waals surface area contributed by atoms with Gasteiger partial charge in [0.25, 0.3) is 0 Å². The van der Waals surface area contributed by atoms with E-state index in [1.807, 2.05) is 0 Å². The van der Waals surface area contributed by atoms with E-state index in [9.17, 15) is 4.79 Å². The highest BCUT2D eigenvalue weighted by Crippen LogP contribution is 2.24. The molecule has 0 unspecified atom stereocenters. The average Bonchev–Trinajstić information content (AvgIpc) is 1.96. The van der Waals surface area contributed by atoms with E-state index < -0.39 is 5.97 Å². The lowest BCUT2D eigenvalue weighted by Gasteiger charge is -2.06. The summed E-state index contributed by atoms with van der Waals surface area (Å²) >= 11 is 5.75. The molecule has 1 rings (SSSR count). The molecular formula is C8H9ClN2O2. The van der Waals surface area contributed by atoms with E-state index in [4.69, 9.17) is 16.3 Å². The highest BCUT2D eigenvalue weighted by atomic mass is 35.5. The molecule has 0 fully saturated rings. The van der Waals surface area contributed by atoms with Gasteiger partial charge in [-0.2, -0.15) is 0 Å². The minimum atomic E-state index is -0.433. The van der Waals surface area contributed by atoms with Crippen LogP contribution in [0.2, 0.25) is 5.15 Å². The van der Waals surface area contributed by atoms with Gasteiger partial charge in [0.2, 0.25) is 0 Å². The Balaban J connectivity index is 3.13. The number of hydrogen-bond donors (Lipinski definition) is 0. The van der Waals surface area contributed by atoms with Crippen LogP contribution in [-0.2, 0) is 4.79 Å². The second kappa shape index (κ2) is 3.70. The van der Waals surface area contributed by atoms with E-state index in [2.05, 4.69) is 9.97 Å². The molecule has 0 N–H and O–H groups in total. The fourth-order valence-corrected chi connectivity index (χ4v) is 1.22. The van der Waals surface area contributed by atoms with Gasteiger partial charge in [-0.3, -0.25) is 4.79 Å². The van der Waals surface area contributed by atoms with Crippen LogP contribution < -0.4 is 4.74 Å². The molecule has 0 aliphatic heterocycles. The summed E-state index contributed by atoms with van der Waals surface area (Å²) in [6, 6.07) is 0. The number of carbonyl (C=O) groups is 1. The zero-order valence-corrected chi connectivity index (χ0v) is 8.34. The van der Waals surface area contributed by atoms with Gasteiger partial charge in [-0.1, -0.05) is 11.6 Å². The number of ether oxygens (including phenoxy) is 1. The van der Waals surface area contributed by atoms with E-state index >= 15 is 0 Å². The maximum Gasteiger partial charge on any atom is 0.308 e. The van der Waals surface area contributed by atoms with Crippen molar-refractivity contribution < 1.29 is 9.53 Å². The third-order valence-corrected chi connectivity index (χ3v) is 1.61. The first-order chi connectivity index (χ1) is 6.00. The summed E-state index contributed by atoms with van der Waals surface area (Å²) in [5.74, 6) is 0.357. The molecule has 1 aromatic heterocycles. The number of nitrogens with zero attached hydrogens (tertiary/aromatic N) is 2. The summed E-state index contributed by atoms with van der Waals surface area (Å²) in [6.07, 6.45) is 0. The maximum absolute atomic E-state index is 10.7. The van der Waals surface area contributed by atoms with Crippen LogP contribution in [-0.4, -0.2) is 15.9 Å². The monoisotopic (exact) mass is 200 g/mol. The first kappa shape index (κ1) is 9.92. The van der Waals surface area contributed by atoms with Crippen LogP contribution in [0, 0.1) is 13.8 Å².